The topological polar surface area (TPSA) is 57.6 Å². The number of rotatable bonds is 6. The molecule has 1 rings (SSSR count). The summed E-state index contributed by atoms with van der Waals surface area (Å²) < 4.78 is 0. The number of aliphatic carboxylic acids is 1. The number of carbonyl (C=O) groups excluding carboxylic acids is 1. The predicted molar refractivity (Wildman–Crippen MR) is 73.7 cm³/mol. The molecule has 0 aromatic carbocycles. The van der Waals surface area contributed by atoms with Gasteiger partial charge >= 0.3 is 5.97 Å². The summed E-state index contributed by atoms with van der Waals surface area (Å²) in [6.45, 7) is 2.08. The first-order valence-electron chi connectivity index (χ1n) is 6.49. The van der Waals surface area contributed by atoms with Crippen molar-refractivity contribution in [2.75, 3.05) is 19.1 Å². The third kappa shape index (κ3) is 3.64. The van der Waals surface area contributed by atoms with Gasteiger partial charge in [0.05, 0.1) is 5.92 Å². The minimum Gasteiger partial charge on any atom is -0.481 e. The lowest BCUT2D eigenvalue weighted by Gasteiger charge is -2.29. The van der Waals surface area contributed by atoms with Crippen molar-refractivity contribution in [2.45, 2.75) is 38.6 Å². The fourth-order valence-electron chi connectivity index (χ4n) is 2.59. The normalized spacial score (nSPS) is 24.8. The van der Waals surface area contributed by atoms with Crippen molar-refractivity contribution in [3.63, 3.8) is 0 Å². The molecule has 1 aliphatic carbocycles. The Morgan fingerprint density at radius 2 is 2.00 bits per heavy atom. The van der Waals surface area contributed by atoms with Crippen molar-refractivity contribution in [1.82, 2.24) is 4.90 Å². The van der Waals surface area contributed by atoms with Crippen LogP contribution in [0, 0.1) is 11.8 Å². The van der Waals surface area contributed by atoms with Gasteiger partial charge in [-0.1, -0.05) is 6.92 Å². The minimum absolute atomic E-state index is 0.0907. The van der Waals surface area contributed by atoms with Gasteiger partial charge < -0.3 is 10.0 Å². The number of hydrogen-bond donors (Lipinski definition) is 1. The van der Waals surface area contributed by atoms with Crippen molar-refractivity contribution >= 4 is 23.6 Å². The highest BCUT2D eigenvalue weighted by Crippen LogP contribution is 2.32. The maximum atomic E-state index is 12.3. The second-order valence-electron chi connectivity index (χ2n) is 5.01. The number of nitrogens with zero attached hydrogens (tertiary/aromatic N) is 1. The summed E-state index contributed by atoms with van der Waals surface area (Å²) in [6.07, 6.45) is 4.85. The molecular formula is C13H23NO3S. The molecule has 5 heteroatoms. The van der Waals surface area contributed by atoms with Gasteiger partial charge in [-0.3, -0.25) is 9.59 Å². The molecule has 0 aromatic heterocycles. The van der Waals surface area contributed by atoms with E-state index in [1.165, 1.54) is 0 Å². The molecule has 1 saturated carbocycles. The number of carboxylic acid groups (broad SMARTS) is 1. The van der Waals surface area contributed by atoms with E-state index in [-0.39, 0.29) is 23.8 Å². The molecule has 0 heterocycles. The van der Waals surface area contributed by atoms with Gasteiger partial charge in [-0.25, -0.2) is 0 Å². The highest BCUT2D eigenvalue weighted by Gasteiger charge is 2.36. The van der Waals surface area contributed by atoms with Gasteiger partial charge in [-0.2, -0.15) is 11.8 Å². The van der Waals surface area contributed by atoms with Crippen molar-refractivity contribution in [3.05, 3.63) is 0 Å². The Labute approximate surface area is 113 Å². The van der Waals surface area contributed by atoms with Crippen LogP contribution in [-0.2, 0) is 9.59 Å². The first-order chi connectivity index (χ1) is 8.51. The van der Waals surface area contributed by atoms with E-state index in [1.54, 1.807) is 11.8 Å². The van der Waals surface area contributed by atoms with Crippen molar-refractivity contribution in [3.8, 4) is 0 Å². The smallest absolute Gasteiger partial charge is 0.306 e. The van der Waals surface area contributed by atoms with E-state index in [1.807, 2.05) is 18.2 Å². The van der Waals surface area contributed by atoms with Crippen LogP contribution in [0.15, 0.2) is 0 Å². The van der Waals surface area contributed by atoms with Gasteiger partial charge in [0.1, 0.15) is 0 Å². The molecular weight excluding hydrogens is 250 g/mol. The maximum Gasteiger partial charge on any atom is 0.306 e. The van der Waals surface area contributed by atoms with Gasteiger partial charge in [-0.05, 0) is 31.9 Å². The van der Waals surface area contributed by atoms with E-state index >= 15 is 0 Å². The quantitative estimate of drug-likeness (QED) is 0.805. The lowest BCUT2D eigenvalue weighted by atomic mass is 10.0. The first-order valence-corrected chi connectivity index (χ1v) is 7.89. The fourth-order valence-corrected chi connectivity index (χ4v) is 3.44. The number of carboxylic acids is 1. The van der Waals surface area contributed by atoms with Gasteiger partial charge in [0.2, 0.25) is 5.91 Å². The van der Waals surface area contributed by atoms with E-state index in [2.05, 4.69) is 6.92 Å². The number of thioether (sulfide) groups is 1. The Bertz CT molecular complexity index is 309. The molecule has 1 N–H and O–H groups in total. The Hall–Kier alpha value is -0.710. The second kappa shape index (κ2) is 7.02. The molecule has 104 valence electrons. The van der Waals surface area contributed by atoms with Crippen LogP contribution in [0.3, 0.4) is 0 Å². The largest absolute Gasteiger partial charge is 0.481 e. The molecule has 1 amide bonds. The van der Waals surface area contributed by atoms with Crippen LogP contribution in [0.1, 0.15) is 32.6 Å². The molecule has 3 atom stereocenters. The summed E-state index contributed by atoms with van der Waals surface area (Å²) in [5.41, 5.74) is 0. The van der Waals surface area contributed by atoms with E-state index in [0.717, 1.165) is 18.6 Å². The first kappa shape index (κ1) is 15.3. The van der Waals surface area contributed by atoms with E-state index < -0.39 is 5.97 Å². The zero-order valence-corrected chi connectivity index (χ0v) is 12.2. The van der Waals surface area contributed by atoms with Crippen LogP contribution >= 0.6 is 11.8 Å². The van der Waals surface area contributed by atoms with Crippen LogP contribution < -0.4 is 0 Å². The molecule has 1 aliphatic rings. The van der Waals surface area contributed by atoms with Gasteiger partial charge in [0.25, 0.3) is 0 Å². The molecule has 4 nitrogen and oxygen atoms in total. The Kier molecular flexibility index (Phi) is 5.99. The Morgan fingerprint density at radius 3 is 2.44 bits per heavy atom. The van der Waals surface area contributed by atoms with E-state index in [0.29, 0.717) is 12.8 Å². The maximum absolute atomic E-state index is 12.3. The number of hydrogen-bond acceptors (Lipinski definition) is 3. The SMILES string of the molecule is CCC(CSC)N(C)C(=O)[C@@H]1CC[C@H](C(=O)O)C1. The molecule has 0 radical (unpaired) electrons. The van der Waals surface area contributed by atoms with Crippen LogP contribution in [-0.4, -0.2) is 47.0 Å². The average Bonchev–Trinajstić information content (AvgIpc) is 2.83. The molecule has 0 saturated heterocycles. The molecule has 0 bridgehead atoms. The van der Waals surface area contributed by atoms with Gasteiger partial charge in [-0.15, -0.1) is 0 Å². The van der Waals surface area contributed by atoms with Crippen molar-refractivity contribution in [2.24, 2.45) is 11.8 Å². The lowest BCUT2D eigenvalue weighted by molar-refractivity contribution is -0.141. The summed E-state index contributed by atoms with van der Waals surface area (Å²) in [7, 11) is 1.85. The molecule has 0 spiro atoms. The van der Waals surface area contributed by atoms with Crippen molar-refractivity contribution < 1.29 is 14.7 Å². The lowest BCUT2D eigenvalue weighted by Crippen LogP contribution is -2.41. The third-order valence-electron chi connectivity index (χ3n) is 3.86. The summed E-state index contributed by atoms with van der Waals surface area (Å²) in [5.74, 6) is -0.114. The molecule has 0 aliphatic heterocycles. The van der Waals surface area contributed by atoms with Gasteiger partial charge in [0, 0.05) is 24.8 Å². The molecule has 1 fully saturated rings. The Balaban J connectivity index is 2.56. The molecule has 18 heavy (non-hydrogen) atoms. The highest BCUT2D eigenvalue weighted by molar-refractivity contribution is 7.98. The minimum atomic E-state index is -0.760. The average molecular weight is 273 g/mol. The van der Waals surface area contributed by atoms with E-state index in [9.17, 15) is 9.59 Å². The standard InChI is InChI=1S/C13H23NO3S/c1-4-11(8-18-3)14(2)12(15)9-5-6-10(7-9)13(16)17/h9-11H,4-8H2,1-3H3,(H,16,17)/t9-,10+,11?/m1/s1. The second-order valence-corrected chi connectivity index (χ2v) is 5.92. The van der Waals surface area contributed by atoms with Crippen LogP contribution in [0.4, 0.5) is 0 Å². The van der Waals surface area contributed by atoms with Crippen LogP contribution in [0.2, 0.25) is 0 Å². The summed E-state index contributed by atoms with van der Waals surface area (Å²) in [6, 6.07) is 0.261. The summed E-state index contributed by atoms with van der Waals surface area (Å²) in [4.78, 5) is 25.0. The van der Waals surface area contributed by atoms with E-state index in [4.69, 9.17) is 5.11 Å². The van der Waals surface area contributed by atoms with Crippen molar-refractivity contribution in [1.29, 1.82) is 0 Å². The summed E-state index contributed by atoms with van der Waals surface area (Å²) >= 11 is 1.74. The molecule has 0 aromatic rings. The van der Waals surface area contributed by atoms with Crippen LogP contribution in [0.5, 0.6) is 0 Å². The van der Waals surface area contributed by atoms with Crippen LogP contribution in [0.25, 0.3) is 0 Å². The monoisotopic (exact) mass is 273 g/mol. The fraction of sp³-hybridized carbons (Fsp3) is 0.846. The molecule has 1 unspecified atom stereocenters. The van der Waals surface area contributed by atoms with Gasteiger partial charge in [0.15, 0.2) is 0 Å². The number of carbonyl (C=O) groups is 2. The Morgan fingerprint density at radius 1 is 1.39 bits per heavy atom. The number of amides is 1. The summed E-state index contributed by atoms with van der Waals surface area (Å²) in [5, 5.41) is 8.96. The predicted octanol–water partition coefficient (Wildman–Crippen LogP) is 2.09. The zero-order valence-electron chi connectivity index (χ0n) is 11.4. The zero-order chi connectivity index (χ0) is 13.7. The highest BCUT2D eigenvalue weighted by atomic mass is 32.2. The third-order valence-corrected chi connectivity index (χ3v) is 4.57.